The van der Waals surface area contributed by atoms with Crippen molar-refractivity contribution in [2.75, 3.05) is 13.1 Å². The third-order valence-electron chi connectivity index (χ3n) is 5.78. The molecule has 0 rings (SSSR count). The molecular weight excluding hydrogens is 526 g/mol. The van der Waals surface area contributed by atoms with Crippen molar-refractivity contribution in [1.82, 2.24) is 26.6 Å². The molecule has 0 aromatic carbocycles. The molecule has 15 heteroatoms. The van der Waals surface area contributed by atoms with Crippen LogP contribution in [0.5, 0.6) is 0 Å². The highest BCUT2D eigenvalue weighted by atomic mass is 16.4. The highest BCUT2D eigenvalue weighted by Crippen LogP contribution is 2.11. The number of carbonyl (C=O) groups is 7. The summed E-state index contributed by atoms with van der Waals surface area (Å²) in [6, 6.07) is -4.66. The zero-order valence-electron chi connectivity index (χ0n) is 24.0. The SMILES string of the molecule is CC(C)C[C@H](NC(=O)[C@@H](NC(=O)CNC(=O)CN)C(C)C)C(=O)N[C@H](C(=O)N[C@@H](CCC(N)=O)C(=O)O)C(C)C. The monoisotopic (exact) mass is 571 g/mol. The van der Waals surface area contributed by atoms with E-state index in [2.05, 4.69) is 26.6 Å². The van der Waals surface area contributed by atoms with Gasteiger partial charge in [-0.1, -0.05) is 41.5 Å². The van der Waals surface area contributed by atoms with Crippen LogP contribution >= 0.6 is 0 Å². The summed E-state index contributed by atoms with van der Waals surface area (Å²) in [5.41, 5.74) is 10.3. The van der Waals surface area contributed by atoms with Crippen LogP contribution < -0.4 is 38.1 Å². The third kappa shape index (κ3) is 13.9. The van der Waals surface area contributed by atoms with E-state index >= 15 is 0 Å². The number of carbonyl (C=O) groups excluding carboxylic acids is 6. The van der Waals surface area contributed by atoms with Gasteiger partial charge in [-0.3, -0.25) is 28.8 Å². The van der Waals surface area contributed by atoms with Crippen LogP contribution in [0.3, 0.4) is 0 Å². The first kappa shape index (κ1) is 36.2. The van der Waals surface area contributed by atoms with E-state index in [4.69, 9.17) is 11.5 Å². The average molecular weight is 572 g/mol. The number of nitrogens with one attached hydrogen (secondary N) is 5. The summed E-state index contributed by atoms with van der Waals surface area (Å²) >= 11 is 0. The highest BCUT2D eigenvalue weighted by molar-refractivity contribution is 5.95. The molecule has 0 aliphatic carbocycles. The third-order valence-corrected chi connectivity index (χ3v) is 5.78. The fourth-order valence-electron chi connectivity index (χ4n) is 3.57. The smallest absolute Gasteiger partial charge is 0.326 e. The van der Waals surface area contributed by atoms with Gasteiger partial charge < -0.3 is 43.2 Å². The quantitative estimate of drug-likeness (QED) is 0.0879. The minimum Gasteiger partial charge on any atom is -0.480 e. The minimum absolute atomic E-state index is 0.0499. The van der Waals surface area contributed by atoms with Crippen LogP contribution in [0.2, 0.25) is 0 Å². The lowest BCUT2D eigenvalue weighted by Gasteiger charge is -2.29. The van der Waals surface area contributed by atoms with Crippen LogP contribution in [0, 0.1) is 17.8 Å². The molecule has 6 amide bonds. The van der Waals surface area contributed by atoms with Gasteiger partial charge in [0.2, 0.25) is 35.4 Å². The lowest BCUT2D eigenvalue weighted by Crippen LogP contribution is -2.60. The second-order valence-electron chi connectivity index (χ2n) is 10.6. The minimum atomic E-state index is -1.39. The number of carboxylic acids is 1. The highest BCUT2D eigenvalue weighted by Gasteiger charge is 2.33. The van der Waals surface area contributed by atoms with Crippen LogP contribution in [0.1, 0.15) is 60.8 Å². The van der Waals surface area contributed by atoms with E-state index in [1.54, 1.807) is 27.7 Å². The van der Waals surface area contributed by atoms with Gasteiger partial charge >= 0.3 is 5.97 Å². The molecule has 0 heterocycles. The van der Waals surface area contributed by atoms with Crippen molar-refractivity contribution in [2.45, 2.75) is 85.0 Å². The fourth-order valence-corrected chi connectivity index (χ4v) is 3.57. The molecule has 10 N–H and O–H groups in total. The van der Waals surface area contributed by atoms with E-state index in [9.17, 15) is 38.7 Å². The Morgan fingerprint density at radius 2 is 1.20 bits per heavy atom. The number of rotatable bonds is 18. The zero-order chi connectivity index (χ0) is 31.2. The zero-order valence-corrected chi connectivity index (χ0v) is 24.0. The van der Waals surface area contributed by atoms with Crippen molar-refractivity contribution in [2.24, 2.45) is 29.2 Å². The van der Waals surface area contributed by atoms with Gasteiger partial charge in [-0.2, -0.15) is 0 Å². The Bertz CT molecular complexity index is 923. The lowest BCUT2D eigenvalue weighted by atomic mass is 9.98. The summed E-state index contributed by atoms with van der Waals surface area (Å²) in [6.45, 7) is 9.65. The largest absolute Gasteiger partial charge is 0.480 e. The molecule has 0 aliphatic rings. The summed E-state index contributed by atoms with van der Waals surface area (Å²) in [5, 5.41) is 21.8. The van der Waals surface area contributed by atoms with Crippen molar-refractivity contribution in [3.8, 4) is 0 Å². The van der Waals surface area contributed by atoms with E-state index in [0.29, 0.717) is 0 Å². The molecule has 40 heavy (non-hydrogen) atoms. The topological polar surface area (TPSA) is 252 Å². The summed E-state index contributed by atoms with van der Waals surface area (Å²) in [4.78, 5) is 85.5. The number of amides is 6. The number of nitrogens with two attached hydrogens (primary N) is 2. The molecule has 0 aromatic heterocycles. The molecule has 0 saturated heterocycles. The van der Waals surface area contributed by atoms with Gasteiger partial charge in [0, 0.05) is 6.42 Å². The van der Waals surface area contributed by atoms with E-state index < -0.39 is 71.5 Å². The molecule has 0 unspecified atom stereocenters. The maximum absolute atomic E-state index is 13.3. The van der Waals surface area contributed by atoms with Crippen molar-refractivity contribution in [3.63, 3.8) is 0 Å². The maximum atomic E-state index is 13.3. The molecule has 0 aromatic rings. The number of primary amides is 1. The first-order valence-corrected chi connectivity index (χ1v) is 13.2. The van der Waals surface area contributed by atoms with Crippen molar-refractivity contribution < 1.29 is 38.7 Å². The predicted octanol–water partition coefficient (Wildman–Crippen LogP) is -2.29. The Labute approximate surface area is 234 Å². The Morgan fingerprint density at radius 1 is 0.700 bits per heavy atom. The Balaban J connectivity index is 5.64. The molecule has 228 valence electrons. The van der Waals surface area contributed by atoms with Crippen molar-refractivity contribution in [1.29, 1.82) is 0 Å². The van der Waals surface area contributed by atoms with E-state index in [1.807, 2.05) is 13.8 Å². The molecule has 0 bridgehead atoms. The molecule has 0 saturated carbocycles. The van der Waals surface area contributed by atoms with Crippen LogP contribution in [-0.2, 0) is 33.6 Å². The summed E-state index contributed by atoms with van der Waals surface area (Å²) in [5.74, 6) is -6.23. The van der Waals surface area contributed by atoms with E-state index in [0.717, 1.165) is 0 Å². The predicted molar refractivity (Wildman–Crippen MR) is 145 cm³/mol. The van der Waals surface area contributed by atoms with Crippen LogP contribution in [0.4, 0.5) is 0 Å². The number of aliphatic carboxylic acids is 1. The van der Waals surface area contributed by atoms with E-state index in [-0.39, 0.29) is 44.2 Å². The Hall–Kier alpha value is -3.75. The second-order valence-corrected chi connectivity index (χ2v) is 10.6. The number of carboxylic acid groups (broad SMARTS) is 1. The Kier molecular flexibility index (Phi) is 16.1. The molecular formula is C25H45N7O8. The second kappa shape index (κ2) is 17.8. The molecule has 0 radical (unpaired) electrons. The van der Waals surface area contributed by atoms with Gasteiger partial charge in [0.05, 0.1) is 13.1 Å². The summed E-state index contributed by atoms with van der Waals surface area (Å²) < 4.78 is 0. The first-order chi connectivity index (χ1) is 18.5. The van der Waals surface area contributed by atoms with Gasteiger partial charge in [-0.25, -0.2) is 4.79 Å². The van der Waals surface area contributed by atoms with Crippen LogP contribution in [0.15, 0.2) is 0 Å². The van der Waals surface area contributed by atoms with Crippen molar-refractivity contribution >= 4 is 41.4 Å². The van der Waals surface area contributed by atoms with Gasteiger partial charge in [-0.15, -0.1) is 0 Å². The van der Waals surface area contributed by atoms with Gasteiger partial charge in [-0.05, 0) is 30.6 Å². The molecule has 0 aliphatic heterocycles. The molecule has 0 spiro atoms. The van der Waals surface area contributed by atoms with E-state index in [1.165, 1.54) is 0 Å². The average Bonchev–Trinajstić information content (AvgIpc) is 2.84. The van der Waals surface area contributed by atoms with Gasteiger partial charge in [0.15, 0.2) is 0 Å². The molecule has 4 atom stereocenters. The first-order valence-electron chi connectivity index (χ1n) is 13.2. The van der Waals surface area contributed by atoms with Crippen LogP contribution in [-0.4, -0.2) is 83.8 Å². The normalized spacial score (nSPS) is 14.1. The fraction of sp³-hybridized carbons (Fsp3) is 0.720. The van der Waals surface area contributed by atoms with Crippen LogP contribution in [0.25, 0.3) is 0 Å². The van der Waals surface area contributed by atoms with Gasteiger partial charge in [0.1, 0.15) is 24.2 Å². The number of hydrogen-bond donors (Lipinski definition) is 8. The van der Waals surface area contributed by atoms with Crippen molar-refractivity contribution in [3.05, 3.63) is 0 Å². The summed E-state index contributed by atoms with van der Waals surface area (Å²) in [6.07, 6.45) is -0.281. The maximum Gasteiger partial charge on any atom is 0.326 e. The van der Waals surface area contributed by atoms with Gasteiger partial charge in [0.25, 0.3) is 0 Å². The summed E-state index contributed by atoms with van der Waals surface area (Å²) in [7, 11) is 0. The Morgan fingerprint density at radius 3 is 1.62 bits per heavy atom. The molecule has 15 nitrogen and oxygen atoms in total. The lowest BCUT2D eigenvalue weighted by molar-refractivity contribution is -0.143. The number of hydrogen-bond acceptors (Lipinski definition) is 8. The standard InChI is InChI=1S/C25H45N7O8/c1-12(2)9-16(30-23(37)20(13(3)4)31-19(35)11-28-18(34)10-26)22(36)32-21(14(5)6)24(38)29-15(25(39)40)7-8-17(27)33/h12-16,20-21H,7-11,26H2,1-6H3,(H2,27,33)(H,28,34)(H,29,38)(H,30,37)(H,31,35)(H,32,36)(H,39,40)/t15-,16-,20-,21-/m0/s1. The molecule has 0 fully saturated rings.